The molecule has 1 aromatic heterocycles. The molecule has 0 saturated carbocycles. The van der Waals surface area contributed by atoms with Gasteiger partial charge in [0.15, 0.2) is 0 Å². The van der Waals surface area contributed by atoms with E-state index in [1.807, 2.05) is 72.8 Å². The Balaban J connectivity index is 1.56. The summed E-state index contributed by atoms with van der Waals surface area (Å²) < 4.78 is 1.50. The molecule has 0 aliphatic rings. The first kappa shape index (κ1) is 18.6. The highest BCUT2D eigenvalue weighted by Crippen LogP contribution is 2.22. The predicted octanol–water partition coefficient (Wildman–Crippen LogP) is 3.69. The normalized spacial score (nSPS) is 11.7. The zero-order valence-corrected chi connectivity index (χ0v) is 15.8. The molecule has 1 atom stereocenters. The van der Waals surface area contributed by atoms with Crippen LogP contribution in [0.1, 0.15) is 22.7 Å². The molecule has 4 rings (SSSR count). The molecule has 0 saturated heterocycles. The highest BCUT2D eigenvalue weighted by Gasteiger charge is 2.23. The summed E-state index contributed by atoms with van der Waals surface area (Å²) in [4.78, 5) is 13.2. The van der Waals surface area contributed by atoms with Gasteiger partial charge in [0.05, 0.1) is 0 Å². The van der Waals surface area contributed by atoms with E-state index in [4.69, 9.17) is 0 Å². The van der Waals surface area contributed by atoms with Crippen molar-refractivity contribution in [2.24, 2.45) is 0 Å². The number of rotatable bonds is 7. The lowest BCUT2D eigenvalue weighted by atomic mass is 10.0. The van der Waals surface area contributed by atoms with Gasteiger partial charge in [-0.15, -0.1) is 5.10 Å². The largest absolute Gasteiger partial charge is 0.324 e. The van der Waals surface area contributed by atoms with Gasteiger partial charge in [-0.1, -0.05) is 78.9 Å². The monoisotopic (exact) mass is 383 g/mol. The summed E-state index contributed by atoms with van der Waals surface area (Å²) in [6, 6.07) is 27.4. The second-order valence-corrected chi connectivity index (χ2v) is 6.80. The summed E-state index contributed by atoms with van der Waals surface area (Å²) in [6.07, 6.45) is 2.72. The standard InChI is InChI=1S/C23H21N5O/c29-23(22(28-17-24-26-27-28)16-19-11-5-2-6-12-19)25-21-14-8-7-13-20(21)15-18-9-3-1-4-10-18/h1-14,17,22H,15-16H2,(H,25,29). The molecule has 0 bridgehead atoms. The van der Waals surface area contributed by atoms with Crippen LogP contribution >= 0.6 is 0 Å². The lowest BCUT2D eigenvalue weighted by Gasteiger charge is -2.18. The SMILES string of the molecule is O=C(Nc1ccccc1Cc1ccccc1)C(Cc1ccccc1)n1cnnn1. The van der Waals surface area contributed by atoms with E-state index in [0.29, 0.717) is 6.42 Å². The van der Waals surface area contributed by atoms with Crippen LogP contribution in [0.4, 0.5) is 5.69 Å². The van der Waals surface area contributed by atoms with Crippen LogP contribution in [0, 0.1) is 0 Å². The Morgan fingerprint density at radius 3 is 2.21 bits per heavy atom. The average Bonchev–Trinajstić information content (AvgIpc) is 3.29. The number of carbonyl (C=O) groups excluding carboxylic acids is 1. The number of benzene rings is 3. The van der Waals surface area contributed by atoms with Crippen molar-refractivity contribution in [3.63, 3.8) is 0 Å². The molecule has 0 spiro atoms. The van der Waals surface area contributed by atoms with E-state index in [0.717, 1.165) is 23.2 Å². The number of para-hydroxylation sites is 1. The van der Waals surface area contributed by atoms with E-state index in [1.165, 1.54) is 16.6 Å². The average molecular weight is 383 g/mol. The molecule has 0 aliphatic carbocycles. The van der Waals surface area contributed by atoms with E-state index in [-0.39, 0.29) is 5.91 Å². The van der Waals surface area contributed by atoms with Gasteiger partial charge in [-0.25, -0.2) is 4.68 Å². The van der Waals surface area contributed by atoms with Gasteiger partial charge in [-0.2, -0.15) is 0 Å². The number of hydrogen-bond donors (Lipinski definition) is 1. The molecule has 29 heavy (non-hydrogen) atoms. The summed E-state index contributed by atoms with van der Waals surface area (Å²) in [5.74, 6) is -0.151. The van der Waals surface area contributed by atoms with Crippen molar-refractivity contribution in [3.8, 4) is 0 Å². The number of nitrogens with zero attached hydrogens (tertiary/aromatic N) is 4. The van der Waals surface area contributed by atoms with Crippen molar-refractivity contribution in [1.82, 2.24) is 20.2 Å². The lowest BCUT2D eigenvalue weighted by Crippen LogP contribution is -2.28. The molecule has 0 aliphatic heterocycles. The van der Waals surface area contributed by atoms with Crippen LogP contribution in [-0.2, 0) is 17.6 Å². The first-order chi connectivity index (χ1) is 14.3. The van der Waals surface area contributed by atoms with Gasteiger partial charge in [0, 0.05) is 12.1 Å². The second kappa shape index (κ2) is 8.93. The van der Waals surface area contributed by atoms with Crippen LogP contribution in [0.2, 0.25) is 0 Å². The van der Waals surface area contributed by atoms with E-state index in [1.54, 1.807) is 0 Å². The summed E-state index contributed by atoms with van der Waals surface area (Å²) >= 11 is 0. The van der Waals surface area contributed by atoms with Crippen molar-refractivity contribution in [2.75, 3.05) is 5.32 Å². The molecular formula is C23H21N5O. The van der Waals surface area contributed by atoms with Crippen molar-refractivity contribution in [1.29, 1.82) is 0 Å². The van der Waals surface area contributed by atoms with Crippen molar-refractivity contribution in [2.45, 2.75) is 18.9 Å². The maximum absolute atomic E-state index is 13.2. The van der Waals surface area contributed by atoms with Gasteiger partial charge >= 0.3 is 0 Å². The smallest absolute Gasteiger partial charge is 0.249 e. The molecule has 0 fully saturated rings. The maximum atomic E-state index is 13.2. The highest BCUT2D eigenvalue weighted by molar-refractivity contribution is 5.94. The minimum atomic E-state index is -0.544. The first-order valence-electron chi connectivity index (χ1n) is 9.49. The minimum Gasteiger partial charge on any atom is -0.324 e. The quantitative estimate of drug-likeness (QED) is 0.528. The maximum Gasteiger partial charge on any atom is 0.249 e. The zero-order chi connectivity index (χ0) is 19.9. The number of nitrogens with one attached hydrogen (secondary N) is 1. The summed E-state index contributed by atoms with van der Waals surface area (Å²) in [6.45, 7) is 0. The Labute approximate surface area is 169 Å². The van der Waals surface area contributed by atoms with Gasteiger partial charge in [0.2, 0.25) is 5.91 Å². The topological polar surface area (TPSA) is 72.7 Å². The first-order valence-corrected chi connectivity index (χ1v) is 9.49. The fourth-order valence-corrected chi connectivity index (χ4v) is 3.28. The molecule has 3 aromatic carbocycles. The third-order valence-electron chi connectivity index (χ3n) is 4.77. The van der Waals surface area contributed by atoms with Gasteiger partial charge in [-0.05, 0) is 39.6 Å². The Morgan fingerprint density at radius 1 is 0.862 bits per heavy atom. The summed E-state index contributed by atoms with van der Waals surface area (Å²) in [5, 5.41) is 14.4. The fourth-order valence-electron chi connectivity index (χ4n) is 3.28. The van der Waals surface area contributed by atoms with Crippen LogP contribution in [-0.4, -0.2) is 26.1 Å². The molecular weight excluding hydrogens is 362 g/mol. The fraction of sp³-hybridized carbons (Fsp3) is 0.130. The lowest BCUT2D eigenvalue weighted by molar-refractivity contribution is -0.119. The summed E-state index contributed by atoms with van der Waals surface area (Å²) in [5.41, 5.74) is 4.09. The number of hydrogen-bond acceptors (Lipinski definition) is 4. The Hall–Kier alpha value is -3.80. The molecule has 0 radical (unpaired) electrons. The number of tetrazole rings is 1. The predicted molar refractivity (Wildman–Crippen MR) is 111 cm³/mol. The third kappa shape index (κ3) is 4.73. The van der Waals surface area contributed by atoms with Crippen LogP contribution in [0.3, 0.4) is 0 Å². The molecule has 1 heterocycles. The molecule has 6 nitrogen and oxygen atoms in total. The molecule has 1 unspecified atom stereocenters. The Bertz CT molecular complexity index is 1050. The van der Waals surface area contributed by atoms with Crippen LogP contribution < -0.4 is 5.32 Å². The van der Waals surface area contributed by atoms with Gasteiger partial charge in [-0.3, -0.25) is 4.79 Å². The second-order valence-electron chi connectivity index (χ2n) is 6.80. The molecule has 144 valence electrons. The van der Waals surface area contributed by atoms with Crippen LogP contribution in [0.25, 0.3) is 0 Å². The number of anilines is 1. The van der Waals surface area contributed by atoms with E-state index >= 15 is 0 Å². The van der Waals surface area contributed by atoms with Crippen molar-refractivity contribution >= 4 is 11.6 Å². The van der Waals surface area contributed by atoms with Gasteiger partial charge in [0.1, 0.15) is 12.4 Å². The van der Waals surface area contributed by atoms with E-state index in [2.05, 4.69) is 33.0 Å². The molecule has 6 heteroatoms. The zero-order valence-electron chi connectivity index (χ0n) is 15.8. The molecule has 1 amide bonds. The van der Waals surface area contributed by atoms with E-state index < -0.39 is 6.04 Å². The Kier molecular flexibility index (Phi) is 5.71. The van der Waals surface area contributed by atoms with Gasteiger partial charge in [0.25, 0.3) is 0 Å². The van der Waals surface area contributed by atoms with Crippen LogP contribution in [0.5, 0.6) is 0 Å². The van der Waals surface area contributed by atoms with Crippen molar-refractivity contribution < 1.29 is 4.79 Å². The third-order valence-corrected chi connectivity index (χ3v) is 4.77. The van der Waals surface area contributed by atoms with Crippen LogP contribution in [0.15, 0.2) is 91.3 Å². The number of aromatic nitrogens is 4. The molecule has 1 N–H and O–H groups in total. The number of carbonyl (C=O) groups is 1. The van der Waals surface area contributed by atoms with Crippen molar-refractivity contribution in [3.05, 3.63) is 108 Å². The summed E-state index contributed by atoms with van der Waals surface area (Å²) in [7, 11) is 0. The molecule has 4 aromatic rings. The van der Waals surface area contributed by atoms with E-state index in [9.17, 15) is 4.79 Å². The van der Waals surface area contributed by atoms with Gasteiger partial charge < -0.3 is 5.32 Å². The highest BCUT2D eigenvalue weighted by atomic mass is 16.2. The minimum absolute atomic E-state index is 0.151. The number of amides is 1. The Morgan fingerprint density at radius 2 is 1.52 bits per heavy atom.